The molecular formula is C21H29NO2. The topological polar surface area (TPSA) is 52.5 Å². The van der Waals surface area contributed by atoms with Crippen molar-refractivity contribution < 1.29 is 10.2 Å². The predicted octanol–water partition coefficient (Wildman–Crippen LogP) is 3.20. The Morgan fingerprint density at radius 3 is 2.71 bits per heavy atom. The number of phenolic OH excluding ortho intramolecular Hbond substituents is 1. The molecule has 2 bridgehead atoms. The van der Waals surface area contributed by atoms with E-state index in [0.29, 0.717) is 5.75 Å². The van der Waals surface area contributed by atoms with Gasteiger partial charge in [0.2, 0.25) is 0 Å². The molecule has 3 N–H and O–H groups in total. The molecule has 1 aromatic rings. The summed E-state index contributed by atoms with van der Waals surface area (Å²) in [5.41, 5.74) is 3.33. The molecule has 4 aliphatic rings. The summed E-state index contributed by atoms with van der Waals surface area (Å²) in [6.45, 7) is 0.986. The standard InChI is InChI=1S/C21H29NO2/c23-16-11-15(10-14-4-3-5-14)17-13-19-21(24)7-2-1-6-20(21,8-9-22-19)18(17)12-16/h11-12,14,19,22-24H,1-10,13H2/t19-,20+,21-/m1/s1. The largest absolute Gasteiger partial charge is 0.508 e. The summed E-state index contributed by atoms with van der Waals surface area (Å²) in [6.07, 6.45) is 11.4. The van der Waals surface area contributed by atoms with E-state index in [1.807, 2.05) is 12.1 Å². The van der Waals surface area contributed by atoms with Crippen LogP contribution < -0.4 is 5.32 Å². The van der Waals surface area contributed by atoms with Gasteiger partial charge in [0.05, 0.1) is 5.60 Å². The lowest BCUT2D eigenvalue weighted by Gasteiger charge is -2.61. The van der Waals surface area contributed by atoms with E-state index >= 15 is 0 Å². The fourth-order valence-corrected chi connectivity index (χ4v) is 6.28. The zero-order valence-electron chi connectivity index (χ0n) is 14.5. The Morgan fingerprint density at radius 1 is 1.08 bits per heavy atom. The molecule has 1 heterocycles. The Labute approximate surface area is 144 Å². The molecule has 3 atom stereocenters. The van der Waals surface area contributed by atoms with Crippen LogP contribution in [0.2, 0.25) is 0 Å². The van der Waals surface area contributed by atoms with Crippen molar-refractivity contribution in [2.24, 2.45) is 5.92 Å². The molecule has 1 aromatic carbocycles. The number of benzene rings is 1. The van der Waals surface area contributed by atoms with E-state index in [9.17, 15) is 10.2 Å². The third kappa shape index (κ3) is 1.91. The highest BCUT2D eigenvalue weighted by Crippen LogP contribution is 2.57. The van der Waals surface area contributed by atoms with E-state index in [-0.39, 0.29) is 11.5 Å². The maximum atomic E-state index is 11.7. The number of aromatic hydroxyl groups is 1. The maximum Gasteiger partial charge on any atom is 0.116 e. The van der Waals surface area contributed by atoms with Crippen LogP contribution in [0.15, 0.2) is 12.1 Å². The molecule has 3 heteroatoms. The van der Waals surface area contributed by atoms with E-state index in [1.54, 1.807) is 0 Å². The van der Waals surface area contributed by atoms with E-state index in [4.69, 9.17) is 0 Å². The fourth-order valence-electron chi connectivity index (χ4n) is 6.28. The maximum absolute atomic E-state index is 11.7. The average molecular weight is 327 g/mol. The molecule has 0 unspecified atom stereocenters. The van der Waals surface area contributed by atoms with Crippen LogP contribution in [0.3, 0.4) is 0 Å². The van der Waals surface area contributed by atoms with Crippen molar-refractivity contribution in [1.29, 1.82) is 0 Å². The SMILES string of the molecule is Oc1cc(CC2CCC2)c2c(c1)[C@@]13CCCC[C@@]1(O)[C@@H](C2)NCC3. The van der Waals surface area contributed by atoms with Gasteiger partial charge in [-0.1, -0.05) is 32.1 Å². The molecule has 0 radical (unpaired) electrons. The number of fused-ring (bicyclic) bond motifs is 1. The van der Waals surface area contributed by atoms with Gasteiger partial charge in [-0.2, -0.15) is 0 Å². The minimum atomic E-state index is -0.627. The van der Waals surface area contributed by atoms with E-state index in [2.05, 4.69) is 5.32 Å². The molecule has 1 aliphatic heterocycles. The van der Waals surface area contributed by atoms with Gasteiger partial charge in [0.15, 0.2) is 0 Å². The first-order chi connectivity index (χ1) is 11.6. The van der Waals surface area contributed by atoms with Crippen LogP contribution in [0.25, 0.3) is 0 Å². The van der Waals surface area contributed by atoms with Crippen LogP contribution in [0, 0.1) is 5.92 Å². The lowest BCUT2D eigenvalue weighted by Crippen LogP contribution is -2.71. The van der Waals surface area contributed by atoms with Crippen LogP contribution in [-0.2, 0) is 18.3 Å². The van der Waals surface area contributed by atoms with Crippen molar-refractivity contribution in [3.8, 4) is 5.75 Å². The molecule has 3 aliphatic carbocycles. The van der Waals surface area contributed by atoms with Crippen molar-refractivity contribution in [3.63, 3.8) is 0 Å². The molecular weight excluding hydrogens is 298 g/mol. The third-order valence-corrected chi connectivity index (χ3v) is 7.74. The van der Waals surface area contributed by atoms with Gasteiger partial charge in [-0.15, -0.1) is 0 Å². The summed E-state index contributed by atoms with van der Waals surface area (Å²) < 4.78 is 0. The van der Waals surface area contributed by atoms with Crippen LogP contribution in [-0.4, -0.2) is 28.4 Å². The first-order valence-corrected chi connectivity index (χ1v) is 9.93. The van der Waals surface area contributed by atoms with Gasteiger partial charge < -0.3 is 15.5 Å². The van der Waals surface area contributed by atoms with Gasteiger partial charge >= 0.3 is 0 Å². The highest BCUT2D eigenvalue weighted by Gasteiger charge is 2.61. The van der Waals surface area contributed by atoms with Crippen molar-refractivity contribution >= 4 is 0 Å². The number of piperidine rings is 1. The van der Waals surface area contributed by atoms with Crippen molar-refractivity contribution in [1.82, 2.24) is 5.32 Å². The summed E-state index contributed by atoms with van der Waals surface area (Å²) in [6, 6.07) is 4.19. The monoisotopic (exact) mass is 327 g/mol. The van der Waals surface area contributed by atoms with Gasteiger partial charge in [-0.05, 0) is 73.4 Å². The van der Waals surface area contributed by atoms with E-state index < -0.39 is 5.60 Å². The van der Waals surface area contributed by atoms with Crippen molar-refractivity contribution in [3.05, 3.63) is 28.8 Å². The summed E-state index contributed by atoms with van der Waals surface area (Å²) in [4.78, 5) is 0. The smallest absolute Gasteiger partial charge is 0.116 e. The van der Waals surface area contributed by atoms with Crippen molar-refractivity contribution in [2.75, 3.05) is 6.54 Å². The number of nitrogens with one attached hydrogen (secondary N) is 1. The third-order valence-electron chi connectivity index (χ3n) is 7.74. The Morgan fingerprint density at radius 2 is 1.92 bits per heavy atom. The Bertz CT molecular complexity index is 664. The van der Waals surface area contributed by atoms with Crippen LogP contribution >= 0.6 is 0 Å². The number of hydrogen-bond donors (Lipinski definition) is 3. The zero-order chi connectivity index (χ0) is 16.4. The minimum absolute atomic E-state index is 0.137. The predicted molar refractivity (Wildman–Crippen MR) is 94.4 cm³/mol. The molecule has 24 heavy (non-hydrogen) atoms. The van der Waals surface area contributed by atoms with Gasteiger partial charge in [-0.25, -0.2) is 0 Å². The molecule has 0 spiro atoms. The fraction of sp³-hybridized carbons (Fsp3) is 0.714. The lowest BCUT2D eigenvalue weighted by atomic mass is 9.49. The average Bonchev–Trinajstić information content (AvgIpc) is 2.51. The summed E-state index contributed by atoms with van der Waals surface area (Å²) >= 11 is 0. The molecule has 3 fully saturated rings. The number of aliphatic hydroxyl groups is 1. The normalized spacial score (nSPS) is 38.1. The lowest BCUT2D eigenvalue weighted by molar-refractivity contribution is -0.124. The van der Waals surface area contributed by atoms with Gasteiger partial charge in [0.25, 0.3) is 0 Å². The van der Waals surface area contributed by atoms with Gasteiger partial charge in [0.1, 0.15) is 5.75 Å². The number of phenols is 1. The minimum Gasteiger partial charge on any atom is -0.508 e. The second-order valence-corrected chi connectivity index (χ2v) is 8.81. The second kappa shape index (κ2) is 5.22. The molecule has 2 saturated carbocycles. The zero-order valence-corrected chi connectivity index (χ0v) is 14.5. The second-order valence-electron chi connectivity index (χ2n) is 8.81. The Balaban J connectivity index is 1.66. The Hall–Kier alpha value is -1.06. The van der Waals surface area contributed by atoms with Crippen LogP contribution in [0.4, 0.5) is 0 Å². The molecule has 3 nitrogen and oxygen atoms in total. The van der Waals surface area contributed by atoms with E-state index in [1.165, 1.54) is 42.4 Å². The quantitative estimate of drug-likeness (QED) is 0.782. The first kappa shape index (κ1) is 15.2. The van der Waals surface area contributed by atoms with E-state index in [0.717, 1.165) is 51.0 Å². The van der Waals surface area contributed by atoms with Gasteiger partial charge in [-0.3, -0.25) is 0 Å². The Kier molecular flexibility index (Phi) is 3.31. The molecule has 0 aromatic heterocycles. The summed E-state index contributed by atoms with van der Waals surface area (Å²) in [5, 5.41) is 25.8. The molecule has 130 valence electrons. The molecule has 5 rings (SSSR count). The molecule has 0 amide bonds. The van der Waals surface area contributed by atoms with Crippen molar-refractivity contribution in [2.45, 2.75) is 81.3 Å². The molecule has 1 saturated heterocycles. The highest BCUT2D eigenvalue weighted by molar-refractivity contribution is 5.52. The van der Waals surface area contributed by atoms with Crippen LogP contribution in [0.1, 0.15) is 68.1 Å². The van der Waals surface area contributed by atoms with Crippen LogP contribution in [0.5, 0.6) is 5.75 Å². The summed E-state index contributed by atoms with van der Waals surface area (Å²) in [7, 11) is 0. The summed E-state index contributed by atoms with van der Waals surface area (Å²) in [5.74, 6) is 1.20. The van der Waals surface area contributed by atoms with Gasteiger partial charge in [0, 0.05) is 11.5 Å². The number of rotatable bonds is 2. The first-order valence-electron chi connectivity index (χ1n) is 9.93. The number of hydrogen-bond acceptors (Lipinski definition) is 3. The highest BCUT2D eigenvalue weighted by atomic mass is 16.3.